The van der Waals surface area contributed by atoms with Crippen molar-refractivity contribution in [3.63, 3.8) is 0 Å². The van der Waals surface area contributed by atoms with Crippen LogP contribution in [0.3, 0.4) is 0 Å². The number of benzene rings is 2. The number of rotatable bonds is 6. The molecule has 7 nitrogen and oxygen atoms in total. The number of carbonyl (C=O) groups is 2. The van der Waals surface area contributed by atoms with Gasteiger partial charge in [0.2, 0.25) is 0 Å². The first-order valence-corrected chi connectivity index (χ1v) is 11.0. The van der Waals surface area contributed by atoms with E-state index in [2.05, 4.69) is 10.6 Å². The van der Waals surface area contributed by atoms with Gasteiger partial charge < -0.3 is 24.5 Å². The largest absolute Gasteiger partial charge is 0.497 e. The summed E-state index contributed by atoms with van der Waals surface area (Å²) < 4.78 is 16.8. The van der Waals surface area contributed by atoms with Crippen molar-refractivity contribution in [1.82, 2.24) is 10.6 Å². The van der Waals surface area contributed by atoms with E-state index in [1.807, 2.05) is 45.0 Å². The molecule has 34 heavy (non-hydrogen) atoms. The second-order valence-electron chi connectivity index (χ2n) is 8.89. The van der Waals surface area contributed by atoms with Gasteiger partial charge in [0.15, 0.2) is 0 Å². The summed E-state index contributed by atoms with van der Waals surface area (Å²) in [4.78, 5) is 26.3. The minimum atomic E-state index is -0.507. The van der Waals surface area contributed by atoms with Crippen LogP contribution >= 0.6 is 0 Å². The fraction of sp³-hybridized carbons (Fsp3) is 0.259. The molecule has 2 aromatic carbocycles. The summed E-state index contributed by atoms with van der Waals surface area (Å²) in [5.41, 5.74) is 1.83. The highest BCUT2D eigenvalue weighted by molar-refractivity contribution is 6.05. The number of methoxy groups -OCH3 is 1. The highest BCUT2D eigenvalue weighted by atomic mass is 16.5. The zero-order valence-corrected chi connectivity index (χ0v) is 19.7. The molecular formula is C27H28N2O5. The second kappa shape index (κ2) is 9.47. The predicted octanol–water partition coefficient (Wildman–Crippen LogP) is 4.79. The molecule has 0 unspecified atom stereocenters. The lowest BCUT2D eigenvalue weighted by atomic mass is 9.89. The van der Waals surface area contributed by atoms with Gasteiger partial charge in [-0.05, 0) is 57.2 Å². The van der Waals surface area contributed by atoms with E-state index in [9.17, 15) is 9.59 Å². The van der Waals surface area contributed by atoms with E-state index >= 15 is 0 Å². The van der Waals surface area contributed by atoms with Crippen molar-refractivity contribution in [3.8, 4) is 11.5 Å². The molecule has 1 aliphatic rings. The van der Waals surface area contributed by atoms with Crippen LogP contribution in [0.25, 0.3) is 6.08 Å². The Hall–Kier alpha value is -4.00. The Labute approximate surface area is 198 Å². The molecule has 0 fully saturated rings. The number of nitrogens with one attached hydrogen (secondary N) is 2. The number of hydrogen-bond donors (Lipinski definition) is 2. The van der Waals surface area contributed by atoms with Crippen LogP contribution in [0.15, 0.2) is 71.0 Å². The Morgan fingerprint density at radius 2 is 1.94 bits per heavy atom. The first-order valence-electron chi connectivity index (χ1n) is 11.0. The molecule has 0 radical (unpaired) electrons. The molecule has 0 saturated heterocycles. The molecule has 0 bridgehead atoms. The molecule has 176 valence electrons. The fourth-order valence-corrected chi connectivity index (χ4v) is 3.98. The summed E-state index contributed by atoms with van der Waals surface area (Å²) in [5.74, 6) is 0.967. The van der Waals surface area contributed by atoms with Crippen molar-refractivity contribution in [3.05, 3.63) is 89.0 Å². The lowest BCUT2D eigenvalue weighted by Crippen LogP contribution is -2.43. The number of ether oxygens (including phenoxy) is 2. The van der Waals surface area contributed by atoms with E-state index in [1.54, 1.807) is 37.4 Å². The van der Waals surface area contributed by atoms with Gasteiger partial charge in [-0.3, -0.25) is 9.59 Å². The van der Waals surface area contributed by atoms with Crippen LogP contribution in [0.1, 0.15) is 53.6 Å². The normalized spacial score (nSPS) is 16.7. The van der Waals surface area contributed by atoms with Crippen molar-refractivity contribution < 1.29 is 23.5 Å². The van der Waals surface area contributed by atoms with E-state index in [0.717, 1.165) is 11.1 Å². The molecule has 7 heteroatoms. The van der Waals surface area contributed by atoms with Crippen molar-refractivity contribution in [2.24, 2.45) is 0 Å². The third kappa shape index (κ3) is 5.31. The fourth-order valence-electron chi connectivity index (χ4n) is 3.98. The zero-order chi connectivity index (χ0) is 24.3. The van der Waals surface area contributed by atoms with Gasteiger partial charge in [-0.15, -0.1) is 0 Å². The minimum Gasteiger partial charge on any atom is -0.497 e. The first-order chi connectivity index (χ1) is 16.2. The number of aryl methyl sites for hydroxylation is 1. The number of furan rings is 1. The van der Waals surface area contributed by atoms with Gasteiger partial charge in [-0.1, -0.05) is 17.7 Å². The lowest BCUT2D eigenvalue weighted by Gasteiger charge is -2.38. The van der Waals surface area contributed by atoms with E-state index in [-0.39, 0.29) is 17.6 Å². The van der Waals surface area contributed by atoms with E-state index in [1.165, 1.54) is 12.3 Å². The van der Waals surface area contributed by atoms with Crippen LogP contribution in [0.2, 0.25) is 0 Å². The van der Waals surface area contributed by atoms with Crippen LogP contribution in [0, 0.1) is 6.92 Å². The maximum absolute atomic E-state index is 13.4. The highest BCUT2D eigenvalue weighted by Gasteiger charge is 2.35. The van der Waals surface area contributed by atoms with Gasteiger partial charge in [0.25, 0.3) is 11.8 Å². The van der Waals surface area contributed by atoms with Crippen LogP contribution in [-0.2, 0) is 4.79 Å². The van der Waals surface area contributed by atoms with Crippen molar-refractivity contribution >= 4 is 17.9 Å². The van der Waals surface area contributed by atoms with Crippen LogP contribution < -0.4 is 20.1 Å². The zero-order valence-electron chi connectivity index (χ0n) is 19.7. The molecule has 1 atom stereocenters. The summed E-state index contributed by atoms with van der Waals surface area (Å²) in [6, 6.07) is 15.8. The van der Waals surface area contributed by atoms with Crippen LogP contribution in [0.5, 0.6) is 11.5 Å². The van der Waals surface area contributed by atoms with E-state index in [4.69, 9.17) is 13.9 Å². The standard InChI is InChI=1S/C27H28N2O5/c1-17-7-5-8-18(13-17)25(30)28-22(14-20-9-6-12-33-20)26(31)29-23-16-27(2,3)34-24-15-19(32-4)10-11-21(23)24/h5-15,23H,16H2,1-4H3,(H,28,30)(H,29,31)/b22-14-/t23-/m1/s1. The van der Waals surface area contributed by atoms with Gasteiger partial charge in [0.05, 0.1) is 19.4 Å². The maximum atomic E-state index is 13.4. The molecule has 1 aromatic heterocycles. The summed E-state index contributed by atoms with van der Waals surface area (Å²) in [6.07, 6.45) is 3.58. The molecule has 0 spiro atoms. The molecule has 2 N–H and O–H groups in total. The lowest BCUT2D eigenvalue weighted by molar-refractivity contribution is -0.119. The smallest absolute Gasteiger partial charge is 0.268 e. The molecule has 2 amide bonds. The predicted molar refractivity (Wildman–Crippen MR) is 129 cm³/mol. The molecule has 4 rings (SSSR count). The van der Waals surface area contributed by atoms with Crippen molar-refractivity contribution in [2.45, 2.75) is 38.8 Å². The van der Waals surface area contributed by atoms with Gasteiger partial charge in [-0.25, -0.2) is 0 Å². The topological polar surface area (TPSA) is 89.8 Å². The summed E-state index contributed by atoms with van der Waals surface area (Å²) >= 11 is 0. The molecule has 3 aromatic rings. The third-order valence-corrected chi connectivity index (χ3v) is 5.59. The Balaban J connectivity index is 1.62. The van der Waals surface area contributed by atoms with Crippen LogP contribution in [-0.4, -0.2) is 24.5 Å². The summed E-state index contributed by atoms with van der Waals surface area (Å²) in [5, 5.41) is 5.81. The number of amides is 2. The van der Waals surface area contributed by atoms with Crippen molar-refractivity contribution in [2.75, 3.05) is 7.11 Å². The summed E-state index contributed by atoms with van der Waals surface area (Å²) in [7, 11) is 1.59. The van der Waals surface area contributed by atoms with E-state index < -0.39 is 11.5 Å². The molecule has 0 saturated carbocycles. The highest BCUT2D eigenvalue weighted by Crippen LogP contribution is 2.41. The monoisotopic (exact) mass is 460 g/mol. The van der Waals surface area contributed by atoms with E-state index in [0.29, 0.717) is 29.2 Å². The third-order valence-electron chi connectivity index (χ3n) is 5.59. The number of hydrogen-bond acceptors (Lipinski definition) is 5. The molecule has 1 aliphatic heterocycles. The first kappa shape index (κ1) is 23.2. The average Bonchev–Trinajstić information content (AvgIpc) is 3.30. The van der Waals surface area contributed by atoms with Gasteiger partial charge in [0, 0.05) is 29.7 Å². The molecule has 2 heterocycles. The summed E-state index contributed by atoms with van der Waals surface area (Å²) in [6.45, 7) is 5.84. The maximum Gasteiger partial charge on any atom is 0.268 e. The molecule has 0 aliphatic carbocycles. The minimum absolute atomic E-state index is 0.0841. The van der Waals surface area contributed by atoms with Crippen LogP contribution in [0.4, 0.5) is 0 Å². The Morgan fingerprint density at radius 1 is 1.12 bits per heavy atom. The average molecular weight is 461 g/mol. The Morgan fingerprint density at radius 3 is 2.65 bits per heavy atom. The second-order valence-corrected chi connectivity index (χ2v) is 8.89. The quantitative estimate of drug-likeness (QED) is 0.517. The number of carbonyl (C=O) groups excluding carboxylic acids is 2. The Bertz CT molecular complexity index is 1230. The van der Waals surface area contributed by atoms with Gasteiger partial charge in [0.1, 0.15) is 28.6 Å². The SMILES string of the molecule is COc1ccc2c(c1)OC(C)(C)C[C@H]2NC(=O)/C(=C/c1ccco1)NC(=O)c1cccc(C)c1. The van der Waals surface area contributed by atoms with Gasteiger partial charge >= 0.3 is 0 Å². The molecular weight excluding hydrogens is 432 g/mol. The van der Waals surface area contributed by atoms with Crippen molar-refractivity contribution in [1.29, 1.82) is 0 Å². The number of fused-ring (bicyclic) bond motifs is 1. The van der Waals surface area contributed by atoms with Gasteiger partial charge in [-0.2, -0.15) is 0 Å². The Kier molecular flexibility index (Phi) is 6.45.